The maximum atomic E-state index is 12.5. The van der Waals surface area contributed by atoms with Crippen LogP contribution in [0, 0.1) is 0 Å². The number of nitrogens with two attached hydrogens (primary N) is 1. The fourth-order valence-electron chi connectivity index (χ4n) is 3.24. The van der Waals surface area contributed by atoms with Crippen LogP contribution >= 0.6 is 0 Å². The van der Waals surface area contributed by atoms with Gasteiger partial charge in [-0.1, -0.05) is 36.4 Å². The van der Waals surface area contributed by atoms with Crippen LogP contribution in [0.25, 0.3) is 0 Å². The van der Waals surface area contributed by atoms with E-state index in [2.05, 4.69) is 11.4 Å². The predicted octanol–water partition coefficient (Wildman–Crippen LogP) is 2.74. The Labute approximate surface area is 141 Å². The minimum Gasteiger partial charge on any atom is -0.397 e. The van der Waals surface area contributed by atoms with E-state index >= 15 is 0 Å². The predicted molar refractivity (Wildman–Crippen MR) is 94.4 cm³/mol. The standard InChI is InChI=1S/C19H21N3O2/c1-13(23)22-11-10-14-6-2-3-7-15(14)18(22)12-19(24)21-17-9-5-4-8-16(17)20/h2-9,18H,10-12,20H2,1H3,(H,21,24)/t18-/m1/s1. The van der Waals surface area contributed by atoms with Crippen molar-refractivity contribution in [1.82, 2.24) is 4.90 Å². The van der Waals surface area contributed by atoms with E-state index in [1.165, 1.54) is 5.56 Å². The van der Waals surface area contributed by atoms with Crippen molar-refractivity contribution in [2.24, 2.45) is 0 Å². The molecule has 0 radical (unpaired) electrons. The van der Waals surface area contributed by atoms with E-state index in [-0.39, 0.29) is 24.3 Å². The number of benzene rings is 2. The Morgan fingerprint density at radius 2 is 1.88 bits per heavy atom. The van der Waals surface area contributed by atoms with Crippen molar-refractivity contribution in [2.75, 3.05) is 17.6 Å². The van der Waals surface area contributed by atoms with E-state index in [0.717, 1.165) is 12.0 Å². The largest absolute Gasteiger partial charge is 0.397 e. The lowest BCUT2D eigenvalue weighted by atomic mass is 9.90. The fourth-order valence-corrected chi connectivity index (χ4v) is 3.24. The number of rotatable bonds is 3. The number of fused-ring (bicyclic) bond motifs is 1. The maximum Gasteiger partial charge on any atom is 0.226 e. The summed E-state index contributed by atoms with van der Waals surface area (Å²) in [6.45, 7) is 2.19. The second-order valence-electron chi connectivity index (χ2n) is 6.02. The summed E-state index contributed by atoms with van der Waals surface area (Å²) in [5.74, 6) is -0.164. The number of para-hydroxylation sites is 2. The normalized spacial score (nSPS) is 16.4. The third-order valence-electron chi connectivity index (χ3n) is 4.43. The van der Waals surface area contributed by atoms with Crippen molar-refractivity contribution in [2.45, 2.75) is 25.8 Å². The molecule has 5 nitrogen and oxygen atoms in total. The Morgan fingerprint density at radius 1 is 1.17 bits per heavy atom. The minimum atomic E-state index is -0.239. The van der Waals surface area contributed by atoms with Crippen molar-refractivity contribution < 1.29 is 9.59 Å². The second kappa shape index (κ2) is 6.74. The number of amides is 2. The zero-order valence-corrected chi connectivity index (χ0v) is 13.7. The zero-order chi connectivity index (χ0) is 17.1. The van der Waals surface area contributed by atoms with Crippen LogP contribution in [0.2, 0.25) is 0 Å². The van der Waals surface area contributed by atoms with Gasteiger partial charge in [0, 0.05) is 13.5 Å². The molecule has 3 N–H and O–H groups in total. The number of nitrogens with one attached hydrogen (secondary N) is 1. The molecule has 124 valence electrons. The first kappa shape index (κ1) is 16.1. The van der Waals surface area contributed by atoms with Gasteiger partial charge in [-0.3, -0.25) is 9.59 Å². The van der Waals surface area contributed by atoms with Crippen molar-refractivity contribution in [3.05, 3.63) is 59.7 Å². The summed E-state index contributed by atoms with van der Waals surface area (Å²) in [7, 11) is 0. The summed E-state index contributed by atoms with van der Waals surface area (Å²) in [6.07, 6.45) is 1.03. The van der Waals surface area contributed by atoms with Crippen LogP contribution < -0.4 is 11.1 Å². The Hall–Kier alpha value is -2.82. The maximum absolute atomic E-state index is 12.5. The van der Waals surface area contributed by atoms with E-state index in [1.54, 1.807) is 24.0 Å². The molecule has 1 atom stereocenters. The van der Waals surface area contributed by atoms with Crippen LogP contribution in [-0.2, 0) is 16.0 Å². The van der Waals surface area contributed by atoms with E-state index in [4.69, 9.17) is 5.73 Å². The molecule has 0 unspecified atom stereocenters. The minimum absolute atomic E-state index is 0.0125. The molecule has 1 heterocycles. The molecule has 24 heavy (non-hydrogen) atoms. The van der Waals surface area contributed by atoms with Crippen LogP contribution in [-0.4, -0.2) is 23.3 Å². The summed E-state index contributed by atoms with van der Waals surface area (Å²) in [5.41, 5.74) is 9.25. The fraction of sp³-hybridized carbons (Fsp3) is 0.263. The smallest absolute Gasteiger partial charge is 0.226 e. The van der Waals surface area contributed by atoms with Gasteiger partial charge < -0.3 is 16.0 Å². The van der Waals surface area contributed by atoms with Crippen LogP contribution in [0.5, 0.6) is 0 Å². The van der Waals surface area contributed by atoms with Gasteiger partial charge in [-0.05, 0) is 29.7 Å². The van der Waals surface area contributed by atoms with Crippen molar-refractivity contribution in [3.8, 4) is 0 Å². The van der Waals surface area contributed by atoms with Crippen molar-refractivity contribution in [1.29, 1.82) is 0 Å². The highest BCUT2D eigenvalue weighted by atomic mass is 16.2. The molecule has 5 heteroatoms. The average Bonchev–Trinajstić information content (AvgIpc) is 2.57. The Morgan fingerprint density at radius 3 is 2.62 bits per heavy atom. The number of hydrogen-bond acceptors (Lipinski definition) is 3. The Kier molecular flexibility index (Phi) is 4.51. The van der Waals surface area contributed by atoms with Crippen molar-refractivity contribution in [3.63, 3.8) is 0 Å². The SMILES string of the molecule is CC(=O)N1CCc2ccccc2[C@H]1CC(=O)Nc1ccccc1N. The average molecular weight is 323 g/mol. The first-order chi connectivity index (χ1) is 11.6. The molecule has 2 aromatic rings. The molecule has 0 saturated carbocycles. The molecule has 1 aliphatic heterocycles. The molecule has 1 aliphatic rings. The number of carbonyl (C=O) groups excluding carboxylic acids is 2. The monoisotopic (exact) mass is 323 g/mol. The lowest BCUT2D eigenvalue weighted by molar-refractivity contribution is -0.132. The Bertz CT molecular complexity index is 773. The van der Waals surface area contributed by atoms with Crippen molar-refractivity contribution >= 4 is 23.2 Å². The molecule has 0 saturated heterocycles. The lowest BCUT2D eigenvalue weighted by Crippen LogP contribution is -2.40. The van der Waals surface area contributed by atoms with Gasteiger partial charge in [-0.25, -0.2) is 0 Å². The lowest BCUT2D eigenvalue weighted by Gasteiger charge is -2.36. The molecule has 0 spiro atoms. The van der Waals surface area contributed by atoms with Crippen LogP contribution in [0.4, 0.5) is 11.4 Å². The van der Waals surface area contributed by atoms with Crippen LogP contribution in [0.1, 0.15) is 30.5 Å². The zero-order valence-electron chi connectivity index (χ0n) is 13.7. The molecule has 0 aliphatic carbocycles. The summed E-state index contributed by atoms with van der Waals surface area (Å²) < 4.78 is 0. The molecular formula is C19H21N3O2. The number of carbonyl (C=O) groups is 2. The van der Waals surface area contributed by atoms with Gasteiger partial charge in [-0.15, -0.1) is 0 Å². The van der Waals surface area contributed by atoms with Crippen LogP contribution in [0.3, 0.4) is 0 Å². The first-order valence-electron chi connectivity index (χ1n) is 8.05. The van der Waals surface area contributed by atoms with E-state index in [9.17, 15) is 9.59 Å². The van der Waals surface area contributed by atoms with E-state index < -0.39 is 0 Å². The molecule has 0 aromatic heterocycles. The highest BCUT2D eigenvalue weighted by Crippen LogP contribution is 2.32. The van der Waals surface area contributed by atoms with Gasteiger partial charge in [0.15, 0.2) is 0 Å². The van der Waals surface area contributed by atoms with Gasteiger partial charge in [0.05, 0.1) is 23.8 Å². The number of hydrogen-bond donors (Lipinski definition) is 2. The number of anilines is 2. The summed E-state index contributed by atoms with van der Waals surface area (Å²) in [5, 5.41) is 2.85. The third kappa shape index (κ3) is 3.25. The number of nitrogens with zero attached hydrogens (tertiary/aromatic N) is 1. The molecule has 3 rings (SSSR count). The highest BCUT2D eigenvalue weighted by molar-refractivity contribution is 5.94. The second-order valence-corrected chi connectivity index (χ2v) is 6.02. The molecule has 2 aromatic carbocycles. The number of nitrogen functional groups attached to an aromatic ring is 1. The molecular weight excluding hydrogens is 302 g/mol. The topological polar surface area (TPSA) is 75.4 Å². The third-order valence-corrected chi connectivity index (χ3v) is 4.43. The summed E-state index contributed by atoms with van der Waals surface area (Å²) in [6, 6.07) is 14.9. The highest BCUT2D eigenvalue weighted by Gasteiger charge is 2.30. The molecule has 0 fully saturated rings. The quantitative estimate of drug-likeness (QED) is 0.853. The summed E-state index contributed by atoms with van der Waals surface area (Å²) >= 11 is 0. The van der Waals surface area contributed by atoms with Crippen LogP contribution in [0.15, 0.2) is 48.5 Å². The van der Waals surface area contributed by atoms with Gasteiger partial charge in [0.2, 0.25) is 11.8 Å². The summed E-state index contributed by atoms with van der Waals surface area (Å²) in [4.78, 5) is 26.3. The molecule has 0 bridgehead atoms. The molecule has 2 amide bonds. The first-order valence-corrected chi connectivity index (χ1v) is 8.05. The van der Waals surface area contributed by atoms with Gasteiger partial charge in [-0.2, -0.15) is 0 Å². The van der Waals surface area contributed by atoms with E-state index in [1.807, 2.05) is 30.3 Å². The van der Waals surface area contributed by atoms with Gasteiger partial charge in [0.1, 0.15) is 0 Å². The Balaban J connectivity index is 1.82. The van der Waals surface area contributed by atoms with E-state index in [0.29, 0.717) is 17.9 Å². The van der Waals surface area contributed by atoms with Gasteiger partial charge in [0.25, 0.3) is 0 Å². The van der Waals surface area contributed by atoms with Gasteiger partial charge >= 0.3 is 0 Å².